The normalized spacial score (nSPS) is 13.8. The van der Waals surface area contributed by atoms with Crippen LogP contribution in [-0.4, -0.2) is 44.8 Å². The van der Waals surface area contributed by atoms with Crippen molar-refractivity contribution in [2.24, 2.45) is 0 Å². The summed E-state index contributed by atoms with van der Waals surface area (Å²) in [4.78, 5) is 28.2. The van der Waals surface area contributed by atoms with Gasteiger partial charge in [0, 0.05) is 18.1 Å². The number of likely N-dealkylation sites (tertiary alicyclic amines) is 1. The summed E-state index contributed by atoms with van der Waals surface area (Å²) >= 11 is 5.96. The first-order valence-corrected chi connectivity index (χ1v) is 14.0. The lowest BCUT2D eigenvalue weighted by atomic mass is 10.1. The second kappa shape index (κ2) is 11.4. The Hall–Kier alpha value is -3.36. The smallest absolute Gasteiger partial charge is 0.264 e. The van der Waals surface area contributed by atoms with Gasteiger partial charge in [0.2, 0.25) is 5.91 Å². The highest BCUT2D eigenvalue weighted by molar-refractivity contribution is 7.92. The lowest BCUT2D eigenvalue weighted by Gasteiger charge is -2.28. The van der Waals surface area contributed by atoms with Crippen LogP contribution in [-0.2, 0) is 14.8 Å². The van der Waals surface area contributed by atoms with Gasteiger partial charge in [-0.25, -0.2) is 8.42 Å². The SMILES string of the molecule is Cc1ccc(N(CC(=O)Nc2ccccc2C(=O)N2CCCCC2)S(=O)(=O)c2ccc(Cl)cc2)cc1C. The Morgan fingerprint density at radius 2 is 1.59 bits per heavy atom. The van der Waals surface area contributed by atoms with E-state index in [0.717, 1.165) is 34.7 Å². The highest BCUT2D eigenvalue weighted by atomic mass is 35.5. The number of anilines is 2. The van der Waals surface area contributed by atoms with Crippen molar-refractivity contribution in [2.75, 3.05) is 29.3 Å². The van der Waals surface area contributed by atoms with Gasteiger partial charge in [0.25, 0.3) is 15.9 Å². The molecule has 1 saturated heterocycles. The zero-order valence-electron chi connectivity index (χ0n) is 20.9. The fourth-order valence-electron chi connectivity index (χ4n) is 4.30. The Bertz CT molecular complexity index is 1400. The van der Waals surface area contributed by atoms with Crippen LogP contribution in [0.4, 0.5) is 11.4 Å². The number of carbonyl (C=O) groups excluding carboxylic acids is 2. The molecular formula is C28H30ClN3O4S. The molecule has 3 aromatic carbocycles. The van der Waals surface area contributed by atoms with Crippen molar-refractivity contribution >= 4 is 44.8 Å². The molecule has 2 amide bonds. The second-order valence-electron chi connectivity index (χ2n) is 9.18. The van der Waals surface area contributed by atoms with Crippen LogP contribution in [0.2, 0.25) is 5.02 Å². The molecule has 1 N–H and O–H groups in total. The maximum atomic E-state index is 13.7. The molecule has 0 atom stereocenters. The fraction of sp³-hybridized carbons (Fsp3) is 0.286. The van der Waals surface area contributed by atoms with Crippen molar-refractivity contribution in [1.29, 1.82) is 0 Å². The molecule has 37 heavy (non-hydrogen) atoms. The van der Waals surface area contributed by atoms with Gasteiger partial charge in [0.1, 0.15) is 6.54 Å². The van der Waals surface area contributed by atoms with E-state index in [0.29, 0.717) is 35.1 Å². The number of hydrogen-bond donors (Lipinski definition) is 1. The Morgan fingerprint density at radius 3 is 2.27 bits per heavy atom. The first-order chi connectivity index (χ1) is 17.7. The topological polar surface area (TPSA) is 86.8 Å². The molecular weight excluding hydrogens is 510 g/mol. The number of aryl methyl sites for hydroxylation is 2. The van der Waals surface area contributed by atoms with Crippen LogP contribution in [0.5, 0.6) is 0 Å². The molecule has 0 unspecified atom stereocenters. The summed E-state index contributed by atoms with van der Waals surface area (Å²) in [6, 6.07) is 17.9. The number of nitrogens with one attached hydrogen (secondary N) is 1. The average Bonchev–Trinajstić information content (AvgIpc) is 2.89. The van der Waals surface area contributed by atoms with Gasteiger partial charge in [0.15, 0.2) is 0 Å². The third kappa shape index (κ3) is 6.14. The van der Waals surface area contributed by atoms with Crippen LogP contribution >= 0.6 is 11.6 Å². The summed E-state index contributed by atoms with van der Waals surface area (Å²) in [6.45, 7) is 4.70. The summed E-state index contributed by atoms with van der Waals surface area (Å²) in [7, 11) is -4.09. The quantitative estimate of drug-likeness (QED) is 0.434. The second-order valence-corrected chi connectivity index (χ2v) is 11.5. The first-order valence-electron chi connectivity index (χ1n) is 12.2. The monoisotopic (exact) mass is 539 g/mol. The summed E-state index contributed by atoms with van der Waals surface area (Å²) in [5.41, 5.74) is 3.00. The van der Waals surface area contributed by atoms with Crippen LogP contribution in [0.25, 0.3) is 0 Å². The number of hydrogen-bond acceptors (Lipinski definition) is 4. The highest BCUT2D eigenvalue weighted by Crippen LogP contribution is 2.27. The van der Waals surface area contributed by atoms with Gasteiger partial charge in [0.05, 0.1) is 21.8 Å². The Labute approximate surface area is 223 Å². The number of rotatable bonds is 7. The van der Waals surface area contributed by atoms with E-state index in [1.54, 1.807) is 41.3 Å². The standard InChI is InChI=1S/C28H30ClN3O4S/c1-20-10-13-23(18-21(20)2)32(37(35,36)24-14-11-22(29)12-15-24)19-27(33)30-26-9-5-4-8-25(26)28(34)31-16-6-3-7-17-31/h4-5,8-15,18H,3,6-7,16-17,19H2,1-2H3,(H,30,33). The van der Waals surface area contributed by atoms with Gasteiger partial charge in [-0.1, -0.05) is 29.8 Å². The Balaban J connectivity index is 1.63. The number of nitrogens with zero attached hydrogens (tertiary/aromatic N) is 2. The molecule has 1 aliphatic heterocycles. The van der Waals surface area contributed by atoms with Crippen molar-refractivity contribution in [1.82, 2.24) is 4.90 Å². The van der Waals surface area contributed by atoms with E-state index in [1.165, 1.54) is 24.3 Å². The molecule has 0 aliphatic carbocycles. The number of carbonyl (C=O) groups is 2. The maximum Gasteiger partial charge on any atom is 0.264 e. The Kier molecular flexibility index (Phi) is 8.19. The number of amides is 2. The lowest BCUT2D eigenvalue weighted by molar-refractivity contribution is -0.114. The minimum atomic E-state index is -4.09. The zero-order chi connectivity index (χ0) is 26.6. The molecule has 3 aromatic rings. The number of halogens is 1. The van der Waals surface area contributed by atoms with Crippen molar-refractivity contribution in [3.05, 3.63) is 88.4 Å². The van der Waals surface area contributed by atoms with Crippen LogP contribution in [0.3, 0.4) is 0 Å². The van der Waals surface area contributed by atoms with Crippen LogP contribution in [0.1, 0.15) is 40.7 Å². The fourth-order valence-corrected chi connectivity index (χ4v) is 5.83. The van der Waals surface area contributed by atoms with Crippen LogP contribution < -0.4 is 9.62 Å². The summed E-state index contributed by atoms with van der Waals surface area (Å²) in [6.07, 6.45) is 3.00. The molecule has 0 bridgehead atoms. The number of sulfonamides is 1. The van der Waals surface area contributed by atoms with E-state index < -0.39 is 22.5 Å². The van der Waals surface area contributed by atoms with Crippen molar-refractivity contribution in [3.8, 4) is 0 Å². The molecule has 4 rings (SSSR count). The molecule has 7 nitrogen and oxygen atoms in total. The van der Waals surface area contributed by atoms with E-state index in [2.05, 4.69) is 5.32 Å². The molecule has 194 valence electrons. The van der Waals surface area contributed by atoms with Gasteiger partial charge < -0.3 is 10.2 Å². The van der Waals surface area contributed by atoms with E-state index in [1.807, 2.05) is 19.9 Å². The van der Waals surface area contributed by atoms with Crippen LogP contribution in [0.15, 0.2) is 71.6 Å². The van der Waals surface area contributed by atoms with Crippen LogP contribution in [0, 0.1) is 13.8 Å². The minimum Gasteiger partial charge on any atom is -0.339 e. The van der Waals surface area contributed by atoms with Gasteiger partial charge >= 0.3 is 0 Å². The molecule has 1 aliphatic rings. The molecule has 1 fully saturated rings. The summed E-state index contributed by atoms with van der Waals surface area (Å²) in [5, 5.41) is 3.18. The average molecular weight is 540 g/mol. The number of benzene rings is 3. The molecule has 1 heterocycles. The third-order valence-electron chi connectivity index (χ3n) is 6.54. The molecule has 0 saturated carbocycles. The van der Waals surface area contributed by atoms with Crippen molar-refractivity contribution < 1.29 is 18.0 Å². The molecule has 0 aromatic heterocycles. The zero-order valence-corrected chi connectivity index (χ0v) is 22.5. The van der Waals surface area contributed by atoms with Gasteiger partial charge in [-0.2, -0.15) is 0 Å². The predicted molar refractivity (Wildman–Crippen MR) is 147 cm³/mol. The maximum absolute atomic E-state index is 13.7. The lowest BCUT2D eigenvalue weighted by Crippen LogP contribution is -2.39. The first kappa shape index (κ1) is 26.7. The minimum absolute atomic E-state index is 0.0172. The van der Waals surface area contributed by atoms with E-state index in [9.17, 15) is 18.0 Å². The van der Waals surface area contributed by atoms with Crippen molar-refractivity contribution in [3.63, 3.8) is 0 Å². The number of piperidine rings is 1. The molecule has 0 radical (unpaired) electrons. The van der Waals surface area contributed by atoms with E-state index >= 15 is 0 Å². The number of para-hydroxylation sites is 1. The largest absolute Gasteiger partial charge is 0.339 e. The third-order valence-corrected chi connectivity index (χ3v) is 8.58. The van der Waals surface area contributed by atoms with E-state index in [-0.39, 0.29) is 10.8 Å². The van der Waals surface area contributed by atoms with Gasteiger partial charge in [-0.05, 0) is 92.8 Å². The summed E-state index contributed by atoms with van der Waals surface area (Å²) in [5.74, 6) is -0.704. The predicted octanol–water partition coefficient (Wildman–Crippen LogP) is 5.42. The summed E-state index contributed by atoms with van der Waals surface area (Å²) < 4.78 is 28.4. The molecule has 9 heteroatoms. The van der Waals surface area contributed by atoms with E-state index in [4.69, 9.17) is 11.6 Å². The van der Waals surface area contributed by atoms with Gasteiger partial charge in [-0.15, -0.1) is 0 Å². The Morgan fingerprint density at radius 1 is 0.919 bits per heavy atom. The van der Waals surface area contributed by atoms with Crippen molar-refractivity contribution in [2.45, 2.75) is 38.0 Å². The highest BCUT2D eigenvalue weighted by Gasteiger charge is 2.28. The van der Waals surface area contributed by atoms with Gasteiger partial charge in [-0.3, -0.25) is 13.9 Å². The molecule has 0 spiro atoms.